The summed E-state index contributed by atoms with van der Waals surface area (Å²) >= 11 is 0. The van der Waals surface area contributed by atoms with E-state index in [4.69, 9.17) is 4.74 Å². The highest BCUT2D eigenvalue weighted by Crippen LogP contribution is 2.32. The Kier molecular flexibility index (Phi) is 7.33. The molecule has 0 radical (unpaired) electrons. The molecule has 2 N–H and O–H groups in total. The zero-order valence-electron chi connectivity index (χ0n) is 17.2. The lowest BCUT2D eigenvalue weighted by molar-refractivity contribution is -0.137. The number of nitrogens with one attached hydrogen (secondary N) is 2. The minimum absolute atomic E-state index is 0.0692. The monoisotopic (exact) mass is 429 g/mol. The van der Waals surface area contributed by atoms with Gasteiger partial charge in [-0.15, -0.1) is 0 Å². The largest absolute Gasteiger partial charge is 0.444 e. The molecule has 1 aliphatic heterocycles. The number of carbonyl (C=O) groups is 3. The third-order valence-corrected chi connectivity index (χ3v) is 4.20. The lowest BCUT2D eigenvalue weighted by Gasteiger charge is -2.26. The standard InChI is InChI=1S/C20H26F3N3O4/c1-19(2,3)30-18(29)24-11-13-8-14(20(21,22)23)10-15(9-13)25-16(27)12-26-7-5-4-6-17(26)28/h8-10H,4-7,11-12H2,1-3H3,(H,24,29)(H,25,27). The van der Waals surface area contributed by atoms with Crippen LogP contribution >= 0.6 is 0 Å². The van der Waals surface area contributed by atoms with Crippen LogP contribution in [-0.2, 0) is 27.0 Å². The number of piperidine rings is 1. The molecule has 1 aliphatic rings. The summed E-state index contributed by atoms with van der Waals surface area (Å²) in [5.41, 5.74) is -1.64. The topological polar surface area (TPSA) is 87.7 Å². The minimum Gasteiger partial charge on any atom is -0.444 e. The molecule has 3 amide bonds. The van der Waals surface area contributed by atoms with Gasteiger partial charge in [0.2, 0.25) is 11.8 Å². The molecule has 0 spiro atoms. The fraction of sp³-hybridized carbons (Fsp3) is 0.550. The van der Waals surface area contributed by atoms with Gasteiger partial charge in [0.05, 0.1) is 12.1 Å². The maximum Gasteiger partial charge on any atom is 0.416 e. The van der Waals surface area contributed by atoms with Crippen LogP contribution in [0.15, 0.2) is 18.2 Å². The molecule has 7 nitrogen and oxygen atoms in total. The molecule has 1 fully saturated rings. The predicted molar refractivity (Wildman–Crippen MR) is 104 cm³/mol. The van der Waals surface area contributed by atoms with Gasteiger partial charge in [-0.3, -0.25) is 9.59 Å². The third-order valence-electron chi connectivity index (χ3n) is 4.20. The van der Waals surface area contributed by atoms with Gasteiger partial charge in [-0.05, 0) is 57.4 Å². The Morgan fingerprint density at radius 1 is 1.13 bits per heavy atom. The van der Waals surface area contributed by atoms with Crippen LogP contribution in [0.4, 0.5) is 23.7 Å². The van der Waals surface area contributed by atoms with E-state index in [2.05, 4.69) is 10.6 Å². The molecule has 2 rings (SSSR count). The summed E-state index contributed by atoms with van der Waals surface area (Å²) in [6.07, 6.45) is -3.50. The van der Waals surface area contributed by atoms with Gasteiger partial charge in [-0.25, -0.2) is 4.79 Å². The number of carbonyl (C=O) groups excluding carboxylic acids is 3. The zero-order chi connectivity index (χ0) is 22.5. The van der Waals surface area contributed by atoms with Crippen molar-refractivity contribution in [2.24, 2.45) is 0 Å². The summed E-state index contributed by atoms with van der Waals surface area (Å²) in [5.74, 6) is -0.738. The number of hydrogen-bond donors (Lipinski definition) is 2. The lowest BCUT2D eigenvalue weighted by Crippen LogP contribution is -2.40. The smallest absolute Gasteiger partial charge is 0.416 e. The Hall–Kier alpha value is -2.78. The van der Waals surface area contributed by atoms with E-state index in [1.807, 2.05) is 0 Å². The van der Waals surface area contributed by atoms with E-state index in [1.54, 1.807) is 20.8 Å². The number of amides is 3. The number of rotatable bonds is 5. The molecule has 10 heteroatoms. The zero-order valence-corrected chi connectivity index (χ0v) is 17.2. The van der Waals surface area contributed by atoms with Gasteiger partial charge in [0.1, 0.15) is 5.60 Å². The second-order valence-corrected chi connectivity index (χ2v) is 8.09. The number of hydrogen-bond acceptors (Lipinski definition) is 4. The number of alkyl halides is 3. The molecule has 1 aromatic rings. The summed E-state index contributed by atoms with van der Waals surface area (Å²) < 4.78 is 44.8. The van der Waals surface area contributed by atoms with E-state index in [1.165, 1.54) is 11.0 Å². The maximum atomic E-state index is 13.3. The van der Waals surface area contributed by atoms with Crippen molar-refractivity contribution in [1.29, 1.82) is 0 Å². The lowest BCUT2D eigenvalue weighted by atomic mass is 10.1. The van der Waals surface area contributed by atoms with Crippen LogP contribution in [0.2, 0.25) is 0 Å². The van der Waals surface area contributed by atoms with Gasteiger partial charge in [0, 0.05) is 25.2 Å². The second kappa shape index (κ2) is 9.36. The first kappa shape index (κ1) is 23.5. The summed E-state index contributed by atoms with van der Waals surface area (Å²) in [5, 5.41) is 4.80. The van der Waals surface area contributed by atoms with Crippen LogP contribution in [0.1, 0.15) is 51.2 Å². The van der Waals surface area contributed by atoms with Crippen LogP contribution in [0.25, 0.3) is 0 Å². The molecule has 0 atom stereocenters. The minimum atomic E-state index is -4.63. The first-order valence-corrected chi connectivity index (χ1v) is 9.59. The molecular weight excluding hydrogens is 403 g/mol. The van der Waals surface area contributed by atoms with Crippen molar-refractivity contribution in [3.8, 4) is 0 Å². The van der Waals surface area contributed by atoms with E-state index < -0.39 is 29.3 Å². The summed E-state index contributed by atoms with van der Waals surface area (Å²) in [6, 6.07) is 3.04. The first-order chi connectivity index (χ1) is 13.8. The Morgan fingerprint density at radius 2 is 1.83 bits per heavy atom. The van der Waals surface area contributed by atoms with Gasteiger partial charge < -0.3 is 20.3 Å². The van der Waals surface area contributed by atoms with Crippen molar-refractivity contribution >= 4 is 23.6 Å². The van der Waals surface area contributed by atoms with Gasteiger partial charge in [-0.2, -0.15) is 13.2 Å². The van der Waals surface area contributed by atoms with Crippen molar-refractivity contribution in [2.45, 2.75) is 58.4 Å². The van der Waals surface area contributed by atoms with Gasteiger partial charge in [-0.1, -0.05) is 0 Å². The first-order valence-electron chi connectivity index (χ1n) is 9.59. The summed E-state index contributed by atoms with van der Waals surface area (Å²) in [6.45, 7) is 5.00. The van der Waals surface area contributed by atoms with Gasteiger partial charge in [0.25, 0.3) is 0 Å². The molecule has 30 heavy (non-hydrogen) atoms. The number of anilines is 1. The number of ether oxygens (including phenoxy) is 1. The summed E-state index contributed by atoms with van der Waals surface area (Å²) in [7, 11) is 0. The molecule has 166 valence electrons. The number of alkyl carbamates (subject to hydrolysis) is 1. The van der Waals surface area contributed by atoms with Gasteiger partial charge >= 0.3 is 12.3 Å². The molecular formula is C20H26F3N3O4. The Balaban J connectivity index is 2.10. The van der Waals surface area contributed by atoms with E-state index in [0.29, 0.717) is 13.0 Å². The predicted octanol–water partition coefficient (Wildman–Crippen LogP) is 3.68. The normalized spacial score (nSPS) is 15.0. The fourth-order valence-corrected chi connectivity index (χ4v) is 2.92. The molecule has 0 aromatic heterocycles. The van der Waals surface area contributed by atoms with E-state index in [-0.39, 0.29) is 30.2 Å². The van der Waals surface area contributed by atoms with Gasteiger partial charge in [0.15, 0.2) is 0 Å². The average molecular weight is 429 g/mol. The highest BCUT2D eigenvalue weighted by Gasteiger charge is 2.31. The van der Waals surface area contributed by atoms with Crippen molar-refractivity contribution in [3.05, 3.63) is 29.3 Å². The Morgan fingerprint density at radius 3 is 2.43 bits per heavy atom. The molecule has 1 heterocycles. The van der Waals surface area contributed by atoms with Crippen molar-refractivity contribution in [3.63, 3.8) is 0 Å². The molecule has 1 saturated heterocycles. The Labute approximate surface area is 172 Å². The molecule has 0 aliphatic carbocycles. The number of nitrogens with zero attached hydrogens (tertiary/aromatic N) is 1. The van der Waals surface area contributed by atoms with Crippen LogP contribution in [0.3, 0.4) is 0 Å². The third kappa shape index (κ3) is 7.57. The maximum absolute atomic E-state index is 13.3. The van der Waals surface area contributed by atoms with Crippen LogP contribution < -0.4 is 10.6 Å². The molecule has 0 saturated carbocycles. The van der Waals surface area contributed by atoms with E-state index in [0.717, 1.165) is 25.0 Å². The number of halogens is 3. The molecule has 0 bridgehead atoms. The Bertz CT molecular complexity index is 803. The average Bonchev–Trinajstić information content (AvgIpc) is 2.59. The van der Waals surface area contributed by atoms with Crippen molar-refractivity contribution < 1.29 is 32.3 Å². The van der Waals surface area contributed by atoms with Crippen molar-refractivity contribution in [2.75, 3.05) is 18.4 Å². The summed E-state index contributed by atoms with van der Waals surface area (Å²) in [4.78, 5) is 37.2. The highest BCUT2D eigenvalue weighted by atomic mass is 19.4. The molecule has 1 aromatic carbocycles. The number of likely N-dealkylation sites (tertiary alicyclic amines) is 1. The van der Waals surface area contributed by atoms with E-state index >= 15 is 0 Å². The number of benzene rings is 1. The van der Waals surface area contributed by atoms with E-state index in [9.17, 15) is 27.6 Å². The SMILES string of the molecule is CC(C)(C)OC(=O)NCc1cc(NC(=O)CN2CCCCC2=O)cc(C(F)(F)F)c1. The second-order valence-electron chi connectivity index (χ2n) is 8.09. The van der Waals surface area contributed by atoms with Crippen LogP contribution in [0.5, 0.6) is 0 Å². The quantitative estimate of drug-likeness (QED) is 0.748. The van der Waals surface area contributed by atoms with Crippen LogP contribution in [-0.4, -0.2) is 41.5 Å². The highest BCUT2D eigenvalue weighted by molar-refractivity contribution is 5.94. The van der Waals surface area contributed by atoms with Crippen molar-refractivity contribution in [1.82, 2.24) is 10.2 Å². The molecule has 0 unspecified atom stereocenters. The fourth-order valence-electron chi connectivity index (χ4n) is 2.92. The van der Waals surface area contributed by atoms with Crippen LogP contribution in [0, 0.1) is 0 Å².